The van der Waals surface area contributed by atoms with Crippen LogP contribution in [-0.2, 0) is 11.2 Å². The number of carbonyl (C=O) groups excluding carboxylic acids is 2. The second-order valence-electron chi connectivity index (χ2n) is 7.40. The third kappa shape index (κ3) is 6.52. The molecule has 0 saturated carbocycles. The predicted octanol–water partition coefficient (Wildman–Crippen LogP) is 3.55. The van der Waals surface area contributed by atoms with Crippen LogP contribution in [0.4, 0.5) is 0 Å². The van der Waals surface area contributed by atoms with Crippen LogP contribution in [-0.4, -0.2) is 30.9 Å². The molecular weight excluding hydrogens is 386 g/mol. The minimum Gasteiger partial charge on any atom is -0.354 e. The molecule has 4 N–H and O–H groups in total. The maximum Gasteiger partial charge on any atom is 0.252 e. The standard InChI is InChI=1S/C26H29N3O2/c27-18-9-16-24(26(31)28-19-17-20-10-3-1-4-11-20)29-25(30)23-15-8-7-14-22(23)21-12-5-2-6-13-21/h1-8,10-15,24H,9,16-19,27H2,(H,28,31)(H,29,30). The third-order valence-electron chi connectivity index (χ3n) is 5.13. The minimum atomic E-state index is -0.629. The Kier molecular flexibility index (Phi) is 8.38. The SMILES string of the molecule is NCCCC(NC(=O)c1ccccc1-c1ccccc1)C(=O)NCCc1ccccc1. The molecular formula is C26H29N3O2. The lowest BCUT2D eigenvalue weighted by atomic mass is 9.98. The Hall–Kier alpha value is -3.44. The molecule has 0 aliphatic carbocycles. The number of amides is 2. The molecule has 5 heteroatoms. The van der Waals surface area contributed by atoms with Crippen molar-refractivity contribution in [1.82, 2.24) is 10.6 Å². The van der Waals surface area contributed by atoms with Crippen LogP contribution in [0.25, 0.3) is 11.1 Å². The molecule has 0 aliphatic heterocycles. The normalized spacial score (nSPS) is 11.5. The second kappa shape index (κ2) is 11.7. The Labute approximate surface area is 183 Å². The van der Waals surface area contributed by atoms with Gasteiger partial charge in [-0.2, -0.15) is 0 Å². The van der Waals surface area contributed by atoms with Gasteiger partial charge in [0.25, 0.3) is 5.91 Å². The smallest absolute Gasteiger partial charge is 0.252 e. The molecule has 3 aromatic rings. The van der Waals surface area contributed by atoms with Crippen LogP contribution in [0.1, 0.15) is 28.8 Å². The zero-order valence-electron chi connectivity index (χ0n) is 17.6. The summed E-state index contributed by atoms with van der Waals surface area (Å²) < 4.78 is 0. The first-order valence-corrected chi connectivity index (χ1v) is 10.7. The summed E-state index contributed by atoms with van der Waals surface area (Å²) in [6.07, 6.45) is 1.88. The lowest BCUT2D eigenvalue weighted by Crippen LogP contribution is -2.47. The average molecular weight is 416 g/mol. The van der Waals surface area contributed by atoms with Gasteiger partial charge in [-0.15, -0.1) is 0 Å². The summed E-state index contributed by atoms with van der Waals surface area (Å²) in [5, 5.41) is 5.87. The van der Waals surface area contributed by atoms with Gasteiger partial charge < -0.3 is 16.4 Å². The summed E-state index contributed by atoms with van der Waals surface area (Å²) in [5.74, 6) is -0.449. The van der Waals surface area contributed by atoms with Crippen molar-refractivity contribution in [2.75, 3.05) is 13.1 Å². The quantitative estimate of drug-likeness (QED) is 0.473. The first-order chi connectivity index (χ1) is 15.2. The van der Waals surface area contributed by atoms with Crippen molar-refractivity contribution in [1.29, 1.82) is 0 Å². The van der Waals surface area contributed by atoms with Crippen molar-refractivity contribution in [2.45, 2.75) is 25.3 Å². The van der Waals surface area contributed by atoms with Crippen LogP contribution in [0.3, 0.4) is 0 Å². The molecule has 2 amide bonds. The molecule has 1 atom stereocenters. The van der Waals surface area contributed by atoms with Crippen molar-refractivity contribution < 1.29 is 9.59 Å². The van der Waals surface area contributed by atoms with Gasteiger partial charge in [-0.3, -0.25) is 9.59 Å². The summed E-state index contributed by atoms with van der Waals surface area (Å²) in [5.41, 5.74) is 9.14. The van der Waals surface area contributed by atoms with Gasteiger partial charge >= 0.3 is 0 Å². The van der Waals surface area contributed by atoms with E-state index in [0.29, 0.717) is 31.5 Å². The molecule has 0 saturated heterocycles. The maximum absolute atomic E-state index is 13.1. The third-order valence-corrected chi connectivity index (χ3v) is 5.13. The van der Waals surface area contributed by atoms with Crippen LogP contribution < -0.4 is 16.4 Å². The van der Waals surface area contributed by atoms with Gasteiger partial charge in [-0.05, 0) is 48.6 Å². The van der Waals surface area contributed by atoms with Gasteiger partial charge in [0.1, 0.15) is 6.04 Å². The van der Waals surface area contributed by atoms with E-state index in [-0.39, 0.29) is 11.8 Å². The first-order valence-electron chi connectivity index (χ1n) is 10.7. The van der Waals surface area contributed by atoms with Crippen LogP contribution in [0.2, 0.25) is 0 Å². The monoisotopic (exact) mass is 415 g/mol. The number of hydrogen-bond acceptors (Lipinski definition) is 3. The molecule has 0 radical (unpaired) electrons. The molecule has 0 spiro atoms. The highest BCUT2D eigenvalue weighted by molar-refractivity contribution is 6.02. The fraction of sp³-hybridized carbons (Fsp3) is 0.231. The molecule has 0 bridgehead atoms. The Morgan fingerprint density at radius 3 is 2.19 bits per heavy atom. The van der Waals surface area contributed by atoms with Gasteiger partial charge in [0.2, 0.25) is 5.91 Å². The highest BCUT2D eigenvalue weighted by Crippen LogP contribution is 2.23. The molecule has 0 aliphatic rings. The van der Waals surface area contributed by atoms with E-state index in [4.69, 9.17) is 5.73 Å². The fourth-order valence-electron chi connectivity index (χ4n) is 3.48. The van der Waals surface area contributed by atoms with Crippen molar-refractivity contribution in [3.05, 3.63) is 96.1 Å². The number of rotatable bonds is 10. The van der Waals surface area contributed by atoms with Crippen molar-refractivity contribution in [2.24, 2.45) is 5.73 Å². The summed E-state index contributed by atoms with van der Waals surface area (Å²) in [6, 6.07) is 26.5. The molecule has 0 aromatic heterocycles. The summed E-state index contributed by atoms with van der Waals surface area (Å²) in [7, 11) is 0. The zero-order chi connectivity index (χ0) is 21.9. The molecule has 31 heavy (non-hydrogen) atoms. The maximum atomic E-state index is 13.1. The Bertz CT molecular complexity index is 974. The Morgan fingerprint density at radius 2 is 1.48 bits per heavy atom. The van der Waals surface area contributed by atoms with Gasteiger partial charge in [0, 0.05) is 12.1 Å². The number of nitrogens with two attached hydrogens (primary N) is 1. The van der Waals surface area contributed by atoms with E-state index in [1.54, 1.807) is 6.07 Å². The van der Waals surface area contributed by atoms with E-state index in [0.717, 1.165) is 23.1 Å². The van der Waals surface area contributed by atoms with Gasteiger partial charge in [0.05, 0.1) is 0 Å². The van der Waals surface area contributed by atoms with E-state index < -0.39 is 6.04 Å². The van der Waals surface area contributed by atoms with Crippen LogP contribution in [0.15, 0.2) is 84.9 Å². The fourth-order valence-corrected chi connectivity index (χ4v) is 3.48. The molecule has 0 fully saturated rings. The molecule has 3 aromatic carbocycles. The molecule has 3 rings (SSSR count). The first kappa shape index (κ1) is 22.2. The topological polar surface area (TPSA) is 84.2 Å². The van der Waals surface area contributed by atoms with E-state index in [1.807, 2.05) is 78.9 Å². The molecule has 1 unspecified atom stereocenters. The molecule has 0 heterocycles. The summed E-state index contributed by atoms with van der Waals surface area (Å²) in [6.45, 7) is 0.975. The van der Waals surface area contributed by atoms with E-state index in [9.17, 15) is 9.59 Å². The predicted molar refractivity (Wildman–Crippen MR) is 125 cm³/mol. The van der Waals surface area contributed by atoms with Crippen molar-refractivity contribution in [3.8, 4) is 11.1 Å². The van der Waals surface area contributed by atoms with Crippen LogP contribution >= 0.6 is 0 Å². The largest absolute Gasteiger partial charge is 0.354 e. The van der Waals surface area contributed by atoms with E-state index >= 15 is 0 Å². The lowest BCUT2D eigenvalue weighted by Gasteiger charge is -2.19. The second-order valence-corrected chi connectivity index (χ2v) is 7.40. The molecule has 160 valence electrons. The summed E-state index contributed by atoms with van der Waals surface area (Å²) in [4.78, 5) is 25.9. The van der Waals surface area contributed by atoms with Gasteiger partial charge in [0.15, 0.2) is 0 Å². The number of nitrogens with one attached hydrogen (secondary N) is 2. The zero-order valence-corrected chi connectivity index (χ0v) is 17.6. The number of carbonyl (C=O) groups is 2. The molecule has 5 nitrogen and oxygen atoms in total. The highest BCUT2D eigenvalue weighted by Gasteiger charge is 2.22. The number of benzene rings is 3. The van der Waals surface area contributed by atoms with Crippen LogP contribution in [0, 0.1) is 0 Å². The van der Waals surface area contributed by atoms with Crippen molar-refractivity contribution >= 4 is 11.8 Å². The van der Waals surface area contributed by atoms with Gasteiger partial charge in [-0.25, -0.2) is 0 Å². The lowest BCUT2D eigenvalue weighted by molar-refractivity contribution is -0.123. The van der Waals surface area contributed by atoms with Crippen LogP contribution in [0.5, 0.6) is 0 Å². The minimum absolute atomic E-state index is 0.185. The van der Waals surface area contributed by atoms with Gasteiger partial charge in [-0.1, -0.05) is 78.9 Å². The van der Waals surface area contributed by atoms with E-state index in [1.165, 1.54) is 0 Å². The number of hydrogen-bond donors (Lipinski definition) is 3. The highest BCUT2D eigenvalue weighted by atomic mass is 16.2. The Balaban J connectivity index is 1.68. The Morgan fingerprint density at radius 1 is 0.839 bits per heavy atom. The van der Waals surface area contributed by atoms with E-state index in [2.05, 4.69) is 10.6 Å². The average Bonchev–Trinajstić information content (AvgIpc) is 2.82. The van der Waals surface area contributed by atoms with Crippen molar-refractivity contribution in [3.63, 3.8) is 0 Å². The summed E-state index contributed by atoms with van der Waals surface area (Å²) >= 11 is 0.